The molecule has 1 aromatic rings. The lowest BCUT2D eigenvalue weighted by atomic mass is 10.1. The van der Waals surface area contributed by atoms with Crippen LogP contribution < -0.4 is 5.32 Å². The molecule has 2 rings (SSSR count). The predicted octanol–water partition coefficient (Wildman–Crippen LogP) is 1.00. The fourth-order valence-corrected chi connectivity index (χ4v) is 4.38. The largest absolute Gasteiger partial charge is 0.480 e. The van der Waals surface area contributed by atoms with Gasteiger partial charge in [-0.15, -0.1) is 0 Å². The number of sulfonamides is 1. The van der Waals surface area contributed by atoms with Crippen LogP contribution in [-0.2, 0) is 26.0 Å². The minimum atomic E-state index is -3.56. The molecule has 2 atom stereocenters. The Bertz CT molecular complexity index is 718. The minimum Gasteiger partial charge on any atom is -0.480 e. The summed E-state index contributed by atoms with van der Waals surface area (Å²) in [5.41, 5.74) is 0.785. The van der Waals surface area contributed by atoms with Gasteiger partial charge < -0.3 is 10.4 Å². The average Bonchev–Trinajstić information content (AvgIpc) is 3.05. The first-order valence-corrected chi connectivity index (χ1v) is 9.81. The summed E-state index contributed by atoms with van der Waals surface area (Å²) in [6.07, 6.45) is 1.13. The molecule has 0 aromatic heterocycles. The lowest BCUT2D eigenvalue weighted by molar-refractivity contribution is -0.142. The SMILES string of the molecule is CC(C)S(=O)(=O)N1CCC[C@H]1C(=O)N[C@@H](Cc1ccccc1)C(=O)O. The fourth-order valence-electron chi connectivity index (χ4n) is 2.90. The zero-order valence-electron chi connectivity index (χ0n) is 14.4. The summed E-state index contributed by atoms with van der Waals surface area (Å²) in [6, 6.07) is 7.04. The molecule has 0 unspecified atom stereocenters. The summed E-state index contributed by atoms with van der Waals surface area (Å²) in [5, 5.41) is 11.3. The molecule has 0 aliphatic carbocycles. The Hall–Kier alpha value is -1.93. The molecule has 1 heterocycles. The molecule has 0 spiro atoms. The van der Waals surface area contributed by atoms with Crippen molar-refractivity contribution in [3.05, 3.63) is 35.9 Å². The Morgan fingerprint density at radius 2 is 1.92 bits per heavy atom. The zero-order chi connectivity index (χ0) is 18.6. The van der Waals surface area contributed by atoms with Crippen LogP contribution in [0.3, 0.4) is 0 Å². The number of nitrogens with one attached hydrogen (secondary N) is 1. The van der Waals surface area contributed by atoms with Gasteiger partial charge in [-0.25, -0.2) is 13.2 Å². The molecule has 8 heteroatoms. The minimum absolute atomic E-state index is 0.144. The molecule has 1 aliphatic rings. The van der Waals surface area contributed by atoms with E-state index in [0.29, 0.717) is 12.8 Å². The van der Waals surface area contributed by atoms with E-state index in [0.717, 1.165) is 5.56 Å². The number of hydrogen-bond donors (Lipinski definition) is 2. The van der Waals surface area contributed by atoms with Crippen LogP contribution in [0.2, 0.25) is 0 Å². The number of amides is 1. The fraction of sp³-hybridized carbons (Fsp3) is 0.529. The van der Waals surface area contributed by atoms with Crippen LogP contribution in [-0.4, -0.2) is 53.6 Å². The number of nitrogens with zero attached hydrogens (tertiary/aromatic N) is 1. The second kappa shape index (κ2) is 7.97. The Balaban J connectivity index is 2.11. The average molecular weight is 368 g/mol. The maximum absolute atomic E-state index is 12.5. The van der Waals surface area contributed by atoms with E-state index in [1.165, 1.54) is 4.31 Å². The summed E-state index contributed by atoms with van der Waals surface area (Å²) in [5.74, 6) is -1.70. The quantitative estimate of drug-likeness (QED) is 0.747. The van der Waals surface area contributed by atoms with E-state index < -0.39 is 39.2 Å². The number of rotatable bonds is 7. The van der Waals surface area contributed by atoms with Crippen molar-refractivity contribution in [2.24, 2.45) is 0 Å². The highest BCUT2D eigenvalue weighted by molar-refractivity contribution is 7.89. The van der Waals surface area contributed by atoms with Crippen LogP contribution in [0, 0.1) is 0 Å². The van der Waals surface area contributed by atoms with Gasteiger partial charge in [0.1, 0.15) is 12.1 Å². The van der Waals surface area contributed by atoms with Crippen molar-refractivity contribution in [3.63, 3.8) is 0 Å². The normalized spacial score (nSPS) is 19.7. The third kappa shape index (κ3) is 4.58. The molecule has 25 heavy (non-hydrogen) atoms. The van der Waals surface area contributed by atoms with Crippen molar-refractivity contribution in [2.75, 3.05) is 6.54 Å². The van der Waals surface area contributed by atoms with Gasteiger partial charge in [0.05, 0.1) is 5.25 Å². The number of hydrogen-bond acceptors (Lipinski definition) is 4. The number of carbonyl (C=O) groups is 2. The molecule has 7 nitrogen and oxygen atoms in total. The van der Waals surface area contributed by atoms with Gasteiger partial charge >= 0.3 is 5.97 Å². The maximum atomic E-state index is 12.5. The number of carbonyl (C=O) groups excluding carboxylic acids is 1. The van der Waals surface area contributed by atoms with Gasteiger partial charge in [0.2, 0.25) is 15.9 Å². The highest BCUT2D eigenvalue weighted by Crippen LogP contribution is 2.24. The topological polar surface area (TPSA) is 104 Å². The molecule has 0 radical (unpaired) electrons. The first-order valence-electron chi connectivity index (χ1n) is 8.31. The van der Waals surface area contributed by atoms with E-state index in [4.69, 9.17) is 0 Å². The molecule has 1 fully saturated rings. The first-order chi connectivity index (χ1) is 11.7. The number of aliphatic carboxylic acids is 1. The standard InChI is InChI=1S/C17H24N2O5S/c1-12(2)25(23,24)19-10-6-9-15(19)16(20)18-14(17(21)22)11-13-7-4-3-5-8-13/h3-5,7-8,12,14-15H,6,9-11H2,1-2H3,(H,18,20)(H,21,22)/t14-,15-/m0/s1. The number of benzene rings is 1. The Kier molecular flexibility index (Phi) is 6.18. The van der Waals surface area contributed by atoms with Crippen LogP contribution in [0.5, 0.6) is 0 Å². The highest BCUT2D eigenvalue weighted by Gasteiger charge is 2.40. The van der Waals surface area contributed by atoms with Gasteiger partial charge in [0, 0.05) is 13.0 Å². The van der Waals surface area contributed by atoms with Crippen molar-refractivity contribution < 1.29 is 23.1 Å². The van der Waals surface area contributed by atoms with Crippen LogP contribution >= 0.6 is 0 Å². The Morgan fingerprint density at radius 1 is 1.28 bits per heavy atom. The van der Waals surface area contributed by atoms with Gasteiger partial charge in [0.25, 0.3) is 0 Å². The van der Waals surface area contributed by atoms with Crippen molar-refractivity contribution in [1.82, 2.24) is 9.62 Å². The molecular weight excluding hydrogens is 344 g/mol. The monoisotopic (exact) mass is 368 g/mol. The summed E-state index contributed by atoms with van der Waals surface area (Å²) in [6.45, 7) is 3.42. The molecule has 1 amide bonds. The Labute approximate surface area is 148 Å². The third-order valence-corrected chi connectivity index (χ3v) is 6.61. The maximum Gasteiger partial charge on any atom is 0.326 e. The number of carboxylic acids is 1. The molecule has 1 aliphatic heterocycles. The molecule has 2 N–H and O–H groups in total. The van der Waals surface area contributed by atoms with Crippen molar-refractivity contribution in [1.29, 1.82) is 0 Å². The van der Waals surface area contributed by atoms with E-state index in [1.54, 1.807) is 38.1 Å². The Morgan fingerprint density at radius 3 is 2.48 bits per heavy atom. The van der Waals surface area contributed by atoms with E-state index in [-0.39, 0.29) is 13.0 Å². The smallest absolute Gasteiger partial charge is 0.326 e. The lowest BCUT2D eigenvalue weighted by Gasteiger charge is -2.26. The van der Waals surface area contributed by atoms with Gasteiger partial charge in [-0.1, -0.05) is 30.3 Å². The van der Waals surface area contributed by atoms with Gasteiger partial charge in [-0.05, 0) is 32.3 Å². The van der Waals surface area contributed by atoms with E-state index in [9.17, 15) is 23.1 Å². The predicted molar refractivity (Wildman–Crippen MR) is 93.5 cm³/mol. The van der Waals surface area contributed by atoms with Gasteiger partial charge in [-0.3, -0.25) is 4.79 Å². The van der Waals surface area contributed by atoms with Crippen LogP contribution in [0.15, 0.2) is 30.3 Å². The van der Waals surface area contributed by atoms with Crippen LogP contribution in [0.25, 0.3) is 0 Å². The third-order valence-electron chi connectivity index (χ3n) is 4.33. The van der Waals surface area contributed by atoms with Crippen LogP contribution in [0.4, 0.5) is 0 Å². The molecule has 1 aromatic carbocycles. The zero-order valence-corrected chi connectivity index (χ0v) is 15.2. The van der Waals surface area contributed by atoms with Crippen molar-refractivity contribution in [3.8, 4) is 0 Å². The summed E-state index contributed by atoms with van der Waals surface area (Å²) in [7, 11) is -3.56. The van der Waals surface area contributed by atoms with Crippen molar-refractivity contribution >= 4 is 21.9 Å². The van der Waals surface area contributed by atoms with E-state index >= 15 is 0 Å². The molecule has 0 bridgehead atoms. The lowest BCUT2D eigenvalue weighted by Crippen LogP contribution is -2.52. The van der Waals surface area contributed by atoms with E-state index in [1.807, 2.05) is 6.07 Å². The van der Waals surface area contributed by atoms with Gasteiger partial charge in [-0.2, -0.15) is 4.31 Å². The summed E-state index contributed by atoms with van der Waals surface area (Å²) in [4.78, 5) is 24.0. The molecule has 1 saturated heterocycles. The second-order valence-electron chi connectivity index (χ2n) is 6.45. The molecule has 0 saturated carbocycles. The summed E-state index contributed by atoms with van der Waals surface area (Å²) >= 11 is 0. The van der Waals surface area contributed by atoms with Crippen LogP contribution in [0.1, 0.15) is 32.3 Å². The summed E-state index contributed by atoms with van der Waals surface area (Å²) < 4.78 is 26.0. The number of carboxylic acid groups (broad SMARTS) is 1. The van der Waals surface area contributed by atoms with Crippen molar-refractivity contribution in [2.45, 2.75) is 50.4 Å². The second-order valence-corrected chi connectivity index (χ2v) is 8.89. The van der Waals surface area contributed by atoms with Gasteiger partial charge in [0.15, 0.2) is 0 Å². The molecular formula is C17H24N2O5S. The highest BCUT2D eigenvalue weighted by atomic mass is 32.2. The van der Waals surface area contributed by atoms with E-state index in [2.05, 4.69) is 5.32 Å². The molecule has 138 valence electrons. The first kappa shape index (κ1) is 19.4.